The molecule has 9 heteroatoms. The van der Waals surface area contributed by atoms with Crippen molar-refractivity contribution in [2.75, 3.05) is 19.7 Å². The summed E-state index contributed by atoms with van der Waals surface area (Å²) in [5.74, 6) is 0. The Labute approximate surface area is 122 Å². The van der Waals surface area contributed by atoms with Gasteiger partial charge in [-0.3, -0.25) is 14.8 Å². The largest absolute Gasteiger partial charge is 0.444 e. The van der Waals surface area contributed by atoms with Gasteiger partial charge in [-0.15, -0.1) is 0 Å². The van der Waals surface area contributed by atoms with E-state index in [1.54, 1.807) is 20.8 Å². The highest BCUT2D eigenvalue weighted by molar-refractivity contribution is 5.68. The van der Waals surface area contributed by atoms with Crippen molar-refractivity contribution in [3.63, 3.8) is 0 Å². The van der Waals surface area contributed by atoms with Gasteiger partial charge in [0.2, 0.25) is 0 Å². The fraction of sp³-hybridized carbons (Fsp3) is 0.667. The third kappa shape index (κ3) is 5.78. The molecule has 0 fully saturated rings. The zero-order chi connectivity index (χ0) is 16.0. The van der Waals surface area contributed by atoms with Crippen LogP contribution in [0.5, 0.6) is 0 Å². The molecule has 1 N–H and O–H groups in total. The first-order valence-corrected chi connectivity index (χ1v) is 6.48. The molecule has 1 aromatic rings. The van der Waals surface area contributed by atoms with Gasteiger partial charge >= 0.3 is 11.8 Å². The lowest BCUT2D eigenvalue weighted by molar-refractivity contribution is -0.385. The number of carbonyl (C=O) groups is 1. The number of aliphatic hydroxyl groups excluding tert-OH is 1. The van der Waals surface area contributed by atoms with E-state index in [0.29, 0.717) is 0 Å². The lowest BCUT2D eigenvalue weighted by Gasteiger charge is -2.26. The molecule has 0 saturated carbocycles. The first kappa shape index (κ1) is 16.9. The lowest BCUT2D eigenvalue weighted by Crippen LogP contribution is -2.40. The number of aliphatic hydroxyl groups is 1. The van der Waals surface area contributed by atoms with Crippen molar-refractivity contribution in [3.8, 4) is 0 Å². The number of carbonyl (C=O) groups excluding carboxylic acids is 1. The normalized spacial score (nSPS) is 11.2. The molecule has 118 valence electrons. The number of nitrogens with zero attached hydrogens (tertiary/aromatic N) is 4. The topological polar surface area (TPSA) is 111 Å². The summed E-state index contributed by atoms with van der Waals surface area (Å²) in [7, 11) is 0. The predicted octanol–water partition coefficient (Wildman–Crippen LogP) is 1.02. The number of hydrogen-bond acceptors (Lipinski definition) is 6. The second kappa shape index (κ2) is 7.02. The van der Waals surface area contributed by atoms with Gasteiger partial charge in [-0.25, -0.2) is 4.79 Å². The van der Waals surface area contributed by atoms with Crippen LogP contribution in [0.4, 0.5) is 10.5 Å². The predicted molar refractivity (Wildman–Crippen MR) is 73.8 cm³/mol. The summed E-state index contributed by atoms with van der Waals surface area (Å²) in [4.78, 5) is 23.3. The van der Waals surface area contributed by atoms with E-state index in [1.807, 2.05) is 0 Å². The summed E-state index contributed by atoms with van der Waals surface area (Å²) >= 11 is 0. The molecule has 0 unspecified atom stereocenters. The monoisotopic (exact) mass is 300 g/mol. The minimum Gasteiger partial charge on any atom is -0.444 e. The van der Waals surface area contributed by atoms with E-state index in [4.69, 9.17) is 9.84 Å². The van der Waals surface area contributed by atoms with E-state index in [9.17, 15) is 14.9 Å². The molecule has 0 spiro atoms. The van der Waals surface area contributed by atoms with Crippen LogP contribution in [0.25, 0.3) is 0 Å². The number of aromatic nitrogens is 2. The first-order chi connectivity index (χ1) is 9.73. The summed E-state index contributed by atoms with van der Waals surface area (Å²) in [6.07, 6.45) is 1.88. The minimum absolute atomic E-state index is 0.110. The quantitative estimate of drug-likeness (QED) is 0.620. The Morgan fingerprint density at radius 3 is 2.67 bits per heavy atom. The fourth-order valence-electron chi connectivity index (χ4n) is 1.53. The molecule has 0 aliphatic carbocycles. The van der Waals surface area contributed by atoms with Gasteiger partial charge in [0.1, 0.15) is 18.0 Å². The van der Waals surface area contributed by atoms with Gasteiger partial charge in [-0.2, -0.15) is 5.10 Å². The van der Waals surface area contributed by atoms with E-state index in [-0.39, 0.29) is 31.9 Å². The molecule has 21 heavy (non-hydrogen) atoms. The van der Waals surface area contributed by atoms with Crippen LogP contribution in [0.2, 0.25) is 0 Å². The standard InChI is InChI=1S/C12H20N4O5/c1-12(2,3)21-11(18)14(6-7-17)4-5-15-9-10(8-13-15)16(19)20/h8-9,17H,4-7H2,1-3H3. The van der Waals surface area contributed by atoms with Crippen LogP contribution in [0.15, 0.2) is 12.4 Å². The Balaban J connectivity index is 2.61. The van der Waals surface area contributed by atoms with Gasteiger partial charge in [-0.05, 0) is 20.8 Å². The summed E-state index contributed by atoms with van der Waals surface area (Å²) in [5.41, 5.74) is -0.740. The highest BCUT2D eigenvalue weighted by atomic mass is 16.6. The Kier molecular flexibility index (Phi) is 5.65. The van der Waals surface area contributed by atoms with Crippen molar-refractivity contribution < 1.29 is 19.6 Å². The van der Waals surface area contributed by atoms with Crippen molar-refractivity contribution in [2.24, 2.45) is 0 Å². The Morgan fingerprint density at radius 2 is 2.19 bits per heavy atom. The molecule has 0 aliphatic heterocycles. The number of hydrogen-bond donors (Lipinski definition) is 1. The van der Waals surface area contributed by atoms with Crippen molar-refractivity contribution in [2.45, 2.75) is 32.9 Å². The molecule has 0 saturated heterocycles. The van der Waals surface area contributed by atoms with Crippen LogP contribution < -0.4 is 0 Å². The van der Waals surface area contributed by atoms with Gasteiger partial charge in [-0.1, -0.05) is 0 Å². The van der Waals surface area contributed by atoms with Crippen LogP contribution in [-0.2, 0) is 11.3 Å². The molecule has 9 nitrogen and oxygen atoms in total. The Hall–Kier alpha value is -2.16. The molecule has 0 radical (unpaired) electrons. The van der Waals surface area contributed by atoms with Crippen LogP contribution in [0.3, 0.4) is 0 Å². The Bertz CT molecular complexity index is 494. The number of amides is 1. The SMILES string of the molecule is CC(C)(C)OC(=O)N(CCO)CCn1cc([N+](=O)[O-])cn1. The summed E-state index contributed by atoms with van der Waals surface area (Å²) in [5, 5.41) is 23.4. The zero-order valence-corrected chi connectivity index (χ0v) is 12.4. The van der Waals surface area contributed by atoms with Gasteiger partial charge in [0.05, 0.1) is 18.1 Å². The molecule has 0 aliphatic rings. The van der Waals surface area contributed by atoms with Crippen molar-refractivity contribution in [1.29, 1.82) is 0 Å². The smallest absolute Gasteiger partial charge is 0.410 e. The van der Waals surface area contributed by atoms with E-state index < -0.39 is 16.6 Å². The maximum atomic E-state index is 11.9. The van der Waals surface area contributed by atoms with Gasteiger partial charge in [0.25, 0.3) is 0 Å². The van der Waals surface area contributed by atoms with Gasteiger partial charge in [0, 0.05) is 13.1 Å². The number of nitro groups is 1. The van der Waals surface area contributed by atoms with Gasteiger partial charge < -0.3 is 14.7 Å². The maximum absolute atomic E-state index is 11.9. The average Bonchev–Trinajstić information content (AvgIpc) is 2.81. The van der Waals surface area contributed by atoms with E-state index in [1.165, 1.54) is 15.8 Å². The third-order valence-electron chi connectivity index (χ3n) is 2.45. The van der Waals surface area contributed by atoms with E-state index in [0.717, 1.165) is 6.20 Å². The molecule has 1 heterocycles. The Morgan fingerprint density at radius 1 is 1.52 bits per heavy atom. The first-order valence-electron chi connectivity index (χ1n) is 6.48. The number of rotatable bonds is 6. The average molecular weight is 300 g/mol. The molecule has 0 atom stereocenters. The fourth-order valence-corrected chi connectivity index (χ4v) is 1.53. The molecule has 0 bridgehead atoms. The second-order valence-electron chi connectivity index (χ2n) is 5.41. The number of ether oxygens (including phenoxy) is 1. The van der Waals surface area contributed by atoms with Crippen molar-refractivity contribution in [3.05, 3.63) is 22.5 Å². The molecule has 1 rings (SSSR count). The third-order valence-corrected chi connectivity index (χ3v) is 2.45. The highest BCUT2D eigenvalue weighted by Gasteiger charge is 2.22. The molecule has 1 amide bonds. The van der Waals surface area contributed by atoms with Crippen LogP contribution in [0.1, 0.15) is 20.8 Å². The highest BCUT2D eigenvalue weighted by Crippen LogP contribution is 2.11. The molecule has 0 aromatic carbocycles. The molecular weight excluding hydrogens is 280 g/mol. The van der Waals surface area contributed by atoms with Crippen LogP contribution in [-0.4, -0.2) is 56.1 Å². The van der Waals surface area contributed by atoms with Crippen molar-refractivity contribution >= 4 is 11.8 Å². The van der Waals surface area contributed by atoms with Crippen LogP contribution in [0, 0.1) is 10.1 Å². The zero-order valence-electron chi connectivity index (χ0n) is 12.4. The van der Waals surface area contributed by atoms with Gasteiger partial charge in [0.15, 0.2) is 0 Å². The van der Waals surface area contributed by atoms with Crippen LogP contribution >= 0.6 is 0 Å². The minimum atomic E-state index is -0.630. The summed E-state index contributed by atoms with van der Waals surface area (Å²) in [6.45, 7) is 5.68. The van der Waals surface area contributed by atoms with Crippen molar-refractivity contribution in [1.82, 2.24) is 14.7 Å². The molecule has 1 aromatic heterocycles. The summed E-state index contributed by atoms with van der Waals surface area (Å²) in [6, 6.07) is 0. The lowest BCUT2D eigenvalue weighted by atomic mass is 10.2. The maximum Gasteiger partial charge on any atom is 0.410 e. The second-order valence-corrected chi connectivity index (χ2v) is 5.41. The summed E-state index contributed by atoms with van der Waals surface area (Å²) < 4.78 is 6.59. The molecular formula is C12H20N4O5. The van der Waals surface area contributed by atoms with E-state index in [2.05, 4.69) is 5.10 Å². The van der Waals surface area contributed by atoms with E-state index >= 15 is 0 Å².